The number of carbonyl (C=O) groups is 1. The maximum absolute atomic E-state index is 12.2. The third kappa shape index (κ3) is 3.12. The topological polar surface area (TPSA) is 51.2 Å². The fourth-order valence-corrected chi connectivity index (χ4v) is 2.53. The highest BCUT2D eigenvalue weighted by Gasteiger charge is 2.14. The lowest BCUT2D eigenvalue weighted by Gasteiger charge is -2.08. The molecule has 2 aromatic rings. The zero-order valence-electron chi connectivity index (χ0n) is 11.1. The molecule has 5 heteroatoms. The molecule has 0 radical (unpaired) electrons. The van der Waals surface area contributed by atoms with E-state index in [9.17, 15) is 4.79 Å². The SMILES string of the molecule is COc1cccc(C(=O)Nc2scnc2C(C)C)c1. The Morgan fingerprint density at radius 1 is 1.42 bits per heavy atom. The number of methoxy groups -OCH3 is 1. The molecule has 0 bridgehead atoms. The Bertz CT molecular complexity index is 578. The Morgan fingerprint density at radius 3 is 2.89 bits per heavy atom. The first-order valence-corrected chi connectivity index (χ1v) is 6.88. The quantitative estimate of drug-likeness (QED) is 0.929. The number of carbonyl (C=O) groups excluding carboxylic acids is 1. The van der Waals surface area contributed by atoms with Gasteiger partial charge in [-0.25, -0.2) is 4.98 Å². The van der Waals surface area contributed by atoms with E-state index in [1.165, 1.54) is 11.3 Å². The van der Waals surface area contributed by atoms with Crippen LogP contribution in [0.5, 0.6) is 5.75 Å². The fourth-order valence-electron chi connectivity index (χ4n) is 1.70. The number of hydrogen-bond donors (Lipinski definition) is 1. The third-order valence-electron chi connectivity index (χ3n) is 2.70. The molecular weight excluding hydrogens is 260 g/mol. The van der Waals surface area contributed by atoms with Crippen LogP contribution in [-0.4, -0.2) is 18.0 Å². The van der Waals surface area contributed by atoms with Gasteiger partial charge in [-0.05, 0) is 24.1 Å². The lowest BCUT2D eigenvalue weighted by Crippen LogP contribution is -2.12. The van der Waals surface area contributed by atoms with Crippen molar-refractivity contribution in [1.29, 1.82) is 0 Å². The average Bonchev–Trinajstić information content (AvgIpc) is 2.87. The number of rotatable bonds is 4. The maximum atomic E-state index is 12.2. The molecule has 19 heavy (non-hydrogen) atoms. The van der Waals surface area contributed by atoms with Gasteiger partial charge in [0.25, 0.3) is 5.91 Å². The maximum Gasteiger partial charge on any atom is 0.256 e. The van der Waals surface area contributed by atoms with Gasteiger partial charge in [0.15, 0.2) is 0 Å². The van der Waals surface area contributed by atoms with Crippen LogP contribution in [0.15, 0.2) is 29.8 Å². The van der Waals surface area contributed by atoms with E-state index in [0.29, 0.717) is 11.3 Å². The first kappa shape index (κ1) is 13.5. The van der Waals surface area contributed by atoms with Crippen LogP contribution in [0.4, 0.5) is 5.00 Å². The molecule has 0 aliphatic rings. The van der Waals surface area contributed by atoms with Gasteiger partial charge in [0.1, 0.15) is 10.8 Å². The monoisotopic (exact) mass is 276 g/mol. The summed E-state index contributed by atoms with van der Waals surface area (Å²) in [5, 5.41) is 3.71. The summed E-state index contributed by atoms with van der Waals surface area (Å²) in [6, 6.07) is 7.08. The molecule has 1 amide bonds. The summed E-state index contributed by atoms with van der Waals surface area (Å²) in [7, 11) is 1.58. The average molecular weight is 276 g/mol. The minimum absolute atomic E-state index is 0.148. The molecule has 0 fully saturated rings. The van der Waals surface area contributed by atoms with E-state index in [1.54, 1.807) is 30.8 Å². The largest absolute Gasteiger partial charge is 0.497 e. The second-order valence-electron chi connectivity index (χ2n) is 4.41. The van der Waals surface area contributed by atoms with Gasteiger partial charge < -0.3 is 10.1 Å². The van der Waals surface area contributed by atoms with Gasteiger partial charge in [0.05, 0.1) is 18.3 Å². The number of benzene rings is 1. The van der Waals surface area contributed by atoms with Crippen molar-refractivity contribution < 1.29 is 9.53 Å². The molecule has 0 unspecified atom stereocenters. The first-order chi connectivity index (χ1) is 9.11. The summed E-state index contributed by atoms with van der Waals surface area (Å²) in [5.74, 6) is 0.804. The van der Waals surface area contributed by atoms with Crippen molar-refractivity contribution in [3.63, 3.8) is 0 Å². The van der Waals surface area contributed by atoms with Crippen molar-refractivity contribution in [2.24, 2.45) is 0 Å². The molecule has 2 rings (SSSR count). The van der Waals surface area contributed by atoms with E-state index >= 15 is 0 Å². The van der Waals surface area contributed by atoms with Crippen LogP contribution in [0, 0.1) is 0 Å². The number of aromatic nitrogens is 1. The van der Waals surface area contributed by atoms with E-state index < -0.39 is 0 Å². The number of nitrogens with one attached hydrogen (secondary N) is 1. The van der Waals surface area contributed by atoms with Crippen LogP contribution in [0.25, 0.3) is 0 Å². The number of amides is 1. The molecular formula is C14H16N2O2S. The normalized spacial score (nSPS) is 10.5. The Balaban J connectivity index is 2.18. The van der Waals surface area contributed by atoms with E-state index in [4.69, 9.17) is 4.74 Å². The third-order valence-corrected chi connectivity index (χ3v) is 3.46. The molecule has 0 aliphatic carbocycles. The smallest absolute Gasteiger partial charge is 0.256 e. The van der Waals surface area contributed by atoms with Crippen molar-refractivity contribution in [2.75, 3.05) is 12.4 Å². The van der Waals surface area contributed by atoms with Gasteiger partial charge in [-0.1, -0.05) is 19.9 Å². The molecule has 1 aromatic carbocycles. The van der Waals surface area contributed by atoms with Crippen LogP contribution in [0.1, 0.15) is 35.8 Å². The second kappa shape index (κ2) is 5.84. The van der Waals surface area contributed by atoms with Crippen molar-refractivity contribution in [1.82, 2.24) is 4.98 Å². The Kier molecular flexibility index (Phi) is 4.16. The van der Waals surface area contributed by atoms with E-state index in [0.717, 1.165) is 10.7 Å². The van der Waals surface area contributed by atoms with Gasteiger partial charge >= 0.3 is 0 Å². The number of ether oxygens (including phenoxy) is 1. The molecule has 1 aromatic heterocycles. The molecule has 1 heterocycles. The molecule has 0 atom stereocenters. The van der Waals surface area contributed by atoms with E-state index in [2.05, 4.69) is 24.1 Å². The van der Waals surface area contributed by atoms with Crippen molar-refractivity contribution in [3.05, 3.63) is 41.0 Å². The summed E-state index contributed by atoms with van der Waals surface area (Å²) in [5.41, 5.74) is 3.24. The van der Waals surface area contributed by atoms with Crippen LogP contribution in [0.3, 0.4) is 0 Å². The number of thiazole rings is 1. The predicted octanol–water partition coefficient (Wildman–Crippen LogP) is 3.53. The van der Waals surface area contributed by atoms with Gasteiger partial charge in [-0.15, -0.1) is 11.3 Å². The number of hydrogen-bond acceptors (Lipinski definition) is 4. The minimum atomic E-state index is -0.148. The highest BCUT2D eigenvalue weighted by Crippen LogP contribution is 2.27. The van der Waals surface area contributed by atoms with E-state index in [-0.39, 0.29) is 11.8 Å². The standard InChI is InChI=1S/C14H16N2O2S/c1-9(2)12-14(19-8-15-12)16-13(17)10-5-4-6-11(7-10)18-3/h4-9H,1-3H3,(H,16,17). The van der Waals surface area contributed by atoms with Crippen molar-refractivity contribution in [3.8, 4) is 5.75 Å². The summed E-state index contributed by atoms with van der Waals surface area (Å²) in [4.78, 5) is 16.4. The number of anilines is 1. The Hall–Kier alpha value is -1.88. The highest BCUT2D eigenvalue weighted by atomic mass is 32.1. The lowest BCUT2D eigenvalue weighted by atomic mass is 10.1. The highest BCUT2D eigenvalue weighted by molar-refractivity contribution is 7.14. The summed E-state index contributed by atoms with van der Waals surface area (Å²) in [6.07, 6.45) is 0. The minimum Gasteiger partial charge on any atom is -0.497 e. The summed E-state index contributed by atoms with van der Waals surface area (Å²) in [6.45, 7) is 4.10. The zero-order chi connectivity index (χ0) is 13.8. The Morgan fingerprint density at radius 2 is 2.21 bits per heavy atom. The molecule has 0 saturated heterocycles. The molecule has 1 N–H and O–H groups in total. The number of nitrogens with zero attached hydrogens (tertiary/aromatic N) is 1. The van der Waals surface area contributed by atoms with E-state index in [1.807, 2.05) is 6.07 Å². The second-order valence-corrected chi connectivity index (χ2v) is 5.26. The zero-order valence-corrected chi connectivity index (χ0v) is 12.0. The first-order valence-electron chi connectivity index (χ1n) is 6.00. The molecule has 0 spiro atoms. The van der Waals surface area contributed by atoms with Crippen LogP contribution >= 0.6 is 11.3 Å². The fraction of sp³-hybridized carbons (Fsp3) is 0.286. The molecule has 0 saturated carbocycles. The predicted molar refractivity (Wildman–Crippen MR) is 77.2 cm³/mol. The summed E-state index contributed by atoms with van der Waals surface area (Å²) < 4.78 is 5.11. The lowest BCUT2D eigenvalue weighted by molar-refractivity contribution is 0.102. The summed E-state index contributed by atoms with van der Waals surface area (Å²) >= 11 is 1.44. The van der Waals surface area contributed by atoms with Gasteiger partial charge in [-0.3, -0.25) is 4.79 Å². The van der Waals surface area contributed by atoms with Gasteiger partial charge in [0, 0.05) is 5.56 Å². The van der Waals surface area contributed by atoms with Crippen LogP contribution in [-0.2, 0) is 0 Å². The van der Waals surface area contributed by atoms with Crippen molar-refractivity contribution >= 4 is 22.2 Å². The van der Waals surface area contributed by atoms with Gasteiger partial charge in [-0.2, -0.15) is 0 Å². The Labute approximate surface area is 116 Å². The van der Waals surface area contributed by atoms with Gasteiger partial charge in [0.2, 0.25) is 0 Å². The molecule has 100 valence electrons. The van der Waals surface area contributed by atoms with Crippen LogP contribution in [0.2, 0.25) is 0 Å². The van der Waals surface area contributed by atoms with Crippen LogP contribution < -0.4 is 10.1 Å². The van der Waals surface area contributed by atoms with Crippen molar-refractivity contribution in [2.45, 2.75) is 19.8 Å². The molecule has 0 aliphatic heterocycles. The molecule has 4 nitrogen and oxygen atoms in total.